The van der Waals surface area contributed by atoms with Crippen LogP contribution in [0.2, 0.25) is 5.02 Å². The molecule has 2 amide bonds. The van der Waals surface area contributed by atoms with Crippen molar-refractivity contribution in [1.29, 1.82) is 0 Å². The van der Waals surface area contributed by atoms with Gasteiger partial charge in [-0.15, -0.1) is 0 Å². The van der Waals surface area contributed by atoms with Crippen molar-refractivity contribution in [3.05, 3.63) is 99.3 Å². The van der Waals surface area contributed by atoms with Crippen LogP contribution in [0, 0.1) is 11.2 Å². The third-order valence-electron chi connectivity index (χ3n) is 10.4. The molecule has 0 N–H and O–H groups in total. The summed E-state index contributed by atoms with van der Waals surface area (Å²) in [6, 6.07) is 18.6. The van der Waals surface area contributed by atoms with Crippen LogP contribution in [0.1, 0.15) is 82.0 Å². The zero-order valence-corrected chi connectivity index (χ0v) is 26.0. The van der Waals surface area contributed by atoms with Crippen LogP contribution >= 0.6 is 11.6 Å². The Morgan fingerprint density at radius 3 is 2.52 bits per heavy atom. The molecule has 1 saturated carbocycles. The van der Waals surface area contributed by atoms with Gasteiger partial charge in [-0.2, -0.15) is 0 Å². The van der Waals surface area contributed by atoms with Gasteiger partial charge < -0.3 is 14.5 Å². The standard InChI is InChI=1S/C36H39ClFN3O3/c1-44-33-8-4-7-31(38)29(33)22-39-18-15-36(16-19-39)17-20-40(23-36)34(42)25-10-9-24-11-14-32(28(24)21-25)41(26-12-13-26)35(43)27-5-2-3-6-30(27)37/h2-10,21,26,32H,11-20,22-23H2,1H3. The zero-order chi connectivity index (χ0) is 30.4. The Bertz CT molecular complexity index is 1580. The Morgan fingerprint density at radius 1 is 1.00 bits per heavy atom. The van der Waals surface area contributed by atoms with Gasteiger partial charge in [-0.05, 0) is 111 Å². The smallest absolute Gasteiger partial charge is 0.256 e. The van der Waals surface area contributed by atoms with Crippen molar-refractivity contribution in [2.75, 3.05) is 33.3 Å². The van der Waals surface area contributed by atoms with Crippen LogP contribution in [0.15, 0.2) is 60.7 Å². The maximum atomic E-state index is 14.5. The molecule has 4 aliphatic rings. The molecular weight excluding hydrogens is 577 g/mol. The number of likely N-dealkylation sites (tertiary alicyclic amines) is 2. The first-order valence-electron chi connectivity index (χ1n) is 15.9. The molecule has 230 valence electrons. The van der Waals surface area contributed by atoms with Crippen LogP contribution in [-0.2, 0) is 13.0 Å². The number of carbonyl (C=O) groups excluding carboxylic acids is 2. The van der Waals surface area contributed by atoms with Crippen molar-refractivity contribution in [2.45, 2.75) is 63.6 Å². The van der Waals surface area contributed by atoms with Crippen molar-refractivity contribution in [1.82, 2.24) is 14.7 Å². The van der Waals surface area contributed by atoms with Gasteiger partial charge in [-0.25, -0.2) is 4.39 Å². The summed E-state index contributed by atoms with van der Waals surface area (Å²) in [4.78, 5) is 34.0. The summed E-state index contributed by atoms with van der Waals surface area (Å²) in [6.45, 7) is 3.77. The number of amides is 2. The first kappa shape index (κ1) is 29.3. The minimum absolute atomic E-state index is 0.0195. The molecule has 6 nitrogen and oxygen atoms in total. The number of aryl methyl sites for hydroxylation is 1. The van der Waals surface area contributed by atoms with Gasteiger partial charge in [0.05, 0.1) is 23.7 Å². The second kappa shape index (κ2) is 11.8. The molecule has 0 radical (unpaired) electrons. The minimum atomic E-state index is -0.229. The molecule has 1 atom stereocenters. The van der Waals surface area contributed by atoms with Crippen LogP contribution in [0.5, 0.6) is 5.75 Å². The van der Waals surface area contributed by atoms with E-state index in [1.807, 2.05) is 34.1 Å². The number of fused-ring (bicyclic) bond motifs is 1. The van der Waals surface area contributed by atoms with E-state index >= 15 is 0 Å². The molecule has 2 aliphatic heterocycles. The monoisotopic (exact) mass is 615 g/mol. The van der Waals surface area contributed by atoms with Crippen LogP contribution in [-0.4, -0.2) is 65.8 Å². The van der Waals surface area contributed by atoms with Gasteiger partial charge in [0, 0.05) is 36.8 Å². The molecule has 2 saturated heterocycles. The van der Waals surface area contributed by atoms with Gasteiger partial charge in [0.1, 0.15) is 11.6 Å². The maximum Gasteiger partial charge on any atom is 0.256 e. The van der Waals surface area contributed by atoms with E-state index in [1.165, 1.54) is 11.6 Å². The number of benzene rings is 3. The minimum Gasteiger partial charge on any atom is -0.496 e. The van der Waals surface area contributed by atoms with Gasteiger partial charge in [0.15, 0.2) is 0 Å². The third kappa shape index (κ3) is 5.49. The van der Waals surface area contributed by atoms with Crippen LogP contribution in [0.3, 0.4) is 0 Å². The van der Waals surface area contributed by atoms with Crippen LogP contribution in [0.4, 0.5) is 4.39 Å². The Balaban J connectivity index is 1.03. The molecule has 2 aliphatic carbocycles. The molecule has 0 aromatic heterocycles. The Kier molecular flexibility index (Phi) is 7.87. The molecule has 2 heterocycles. The highest BCUT2D eigenvalue weighted by molar-refractivity contribution is 6.33. The first-order valence-corrected chi connectivity index (χ1v) is 16.3. The Hall–Kier alpha value is -3.42. The number of nitrogens with zero attached hydrogens (tertiary/aromatic N) is 3. The molecule has 3 aromatic carbocycles. The molecule has 1 spiro atoms. The van der Waals surface area contributed by atoms with E-state index in [1.54, 1.807) is 25.3 Å². The van der Waals surface area contributed by atoms with E-state index in [0.29, 0.717) is 34.0 Å². The van der Waals surface area contributed by atoms with E-state index in [-0.39, 0.29) is 35.1 Å². The quantitative estimate of drug-likeness (QED) is 0.290. The number of halogens is 2. The van der Waals surface area contributed by atoms with E-state index in [0.717, 1.165) is 76.7 Å². The SMILES string of the molecule is COc1cccc(F)c1CN1CCC2(CC1)CCN(C(=O)c1ccc3c(c1)C(N(C(=O)c1ccccc1Cl)C1CC1)CC3)C2. The topological polar surface area (TPSA) is 53.1 Å². The second-order valence-electron chi connectivity index (χ2n) is 13.1. The number of hydrogen-bond acceptors (Lipinski definition) is 4. The number of hydrogen-bond donors (Lipinski definition) is 0. The van der Waals surface area contributed by atoms with Crippen molar-refractivity contribution >= 4 is 23.4 Å². The van der Waals surface area contributed by atoms with Crippen molar-refractivity contribution in [2.24, 2.45) is 5.41 Å². The van der Waals surface area contributed by atoms with Gasteiger partial charge >= 0.3 is 0 Å². The third-order valence-corrected chi connectivity index (χ3v) is 10.7. The normalized spacial score (nSPS) is 21.0. The molecule has 7 rings (SSSR count). The molecule has 44 heavy (non-hydrogen) atoms. The van der Waals surface area contributed by atoms with E-state index < -0.39 is 0 Å². The highest BCUT2D eigenvalue weighted by atomic mass is 35.5. The van der Waals surface area contributed by atoms with Gasteiger partial charge in [-0.1, -0.05) is 35.9 Å². The fraction of sp³-hybridized carbons (Fsp3) is 0.444. The fourth-order valence-corrected chi connectivity index (χ4v) is 7.90. The molecule has 8 heteroatoms. The Morgan fingerprint density at radius 2 is 1.77 bits per heavy atom. The predicted octanol–water partition coefficient (Wildman–Crippen LogP) is 6.91. The van der Waals surface area contributed by atoms with Gasteiger partial charge in [-0.3, -0.25) is 14.5 Å². The van der Waals surface area contributed by atoms with E-state index in [9.17, 15) is 14.0 Å². The van der Waals surface area contributed by atoms with Crippen molar-refractivity contribution in [3.8, 4) is 5.75 Å². The fourth-order valence-electron chi connectivity index (χ4n) is 7.68. The summed E-state index contributed by atoms with van der Waals surface area (Å²) >= 11 is 6.44. The zero-order valence-electron chi connectivity index (χ0n) is 25.2. The average Bonchev–Trinajstić information content (AvgIpc) is 3.66. The van der Waals surface area contributed by atoms with Crippen molar-refractivity contribution < 1.29 is 18.7 Å². The summed E-state index contributed by atoms with van der Waals surface area (Å²) in [5, 5.41) is 0.478. The molecule has 3 fully saturated rings. The van der Waals surface area contributed by atoms with Crippen LogP contribution < -0.4 is 4.74 Å². The number of methoxy groups -OCH3 is 1. The van der Waals surface area contributed by atoms with E-state index in [2.05, 4.69) is 17.0 Å². The lowest BCUT2D eigenvalue weighted by atomic mass is 9.77. The molecule has 1 unspecified atom stereocenters. The number of ether oxygens (including phenoxy) is 1. The summed E-state index contributed by atoms with van der Waals surface area (Å²) < 4.78 is 19.9. The highest BCUT2D eigenvalue weighted by Crippen LogP contribution is 2.45. The summed E-state index contributed by atoms with van der Waals surface area (Å²) in [7, 11) is 1.58. The summed E-state index contributed by atoms with van der Waals surface area (Å²) in [6.07, 6.45) is 6.73. The van der Waals surface area contributed by atoms with Crippen LogP contribution in [0.25, 0.3) is 0 Å². The van der Waals surface area contributed by atoms with E-state index in [4.69, 9.17) is 16.3 Å². The lowest BCUT2D eigenvalue weighted by Gasteiger charge is -2.39. The average molecular weight is 616 g/mol. The lowest BCUT2D eigenvalue weighted by molar-refractivity contribution is 0.0658. The number of carbonyl (C=O) groups is 2. The van der Waals surface area contributed by atoms with Crippen molar-refractivity contribution in [3.63, 3.8) is 0 Å². The maximum absolute atomic E-state index is 14.5. The first-order chi connectivity index (χ1) is 21.4. The predicted molar refractivity (Wildman–Crippen MR) is 169 cm³/mol. The second-order valence-corrected chi connectivity index (χ2v) is 13.5. The highest BCUT2D eigenvalue weighted by Gasteiger charge is 2.44. The van der Waals surface area contributed by atoms with Gasteiger partial charge in [0.25, 0.3) is 11.8 Å². The van der Waals surface area contributed by atoms with Gasteiger partial charge in [0.2, 0.25) is 0 Å². The molecule has 0 bridgehead atoms. The number of rotatable bonds is 7. The molecule has 3 aromatic rings. The largest absolute Gasteiger partial charge is 0.496 e. The summed E-state index contributed by atoms with van der Waals surface area (Å²) in [5.41, 5.74) is 4.29. The lowest BCUT2D eigenvalue weighted by Crippen LogP contribution is -2.42. The number of piperidine rings is 1. The Labute approximate surface area is 263 Å². The summed E-state index contributed by atoms with van der Waals surface area (Å²) in [5.74, 6) is 0.415. The molecular formula is C36H39ClFN3O3.